The summed E-state index contributed by atoms with van der Waals surface area (Å²) in [6.07, 6.45) is 9.76. The molecule has 35 heavy (non-hydrogen) atoms. The summed E-state index contributed by atoms with van der Waals surface area (Å²) in [5, 5.41) is 16.0. The van der Waals surface area contributed by atoms with Gasteiger partial charge in [-0.05, 0) is 67.1 Å². The van der Waals surface area contributed by atoms with Gasteiger partial charge in [-0.15, -0.1) is 0 Å². The van der Waals surface area contributed by atoms with Crippen LogP contribution in [0.25, 0.3) is 0 Å². The van der Waals surface area contributed by atoms with Crippen molar-refractivity contribution in [2.75, 3.05) is 36.7 Å². The minimum atomic E-state index is -2.31. The number of hydrogen-bond donors (Lipinski definition) is 2. The third kappa shape index (κ3) is 5.26. The van der Waals surface area contributed by atoms with Gasteiger partial charge in [-0.3, -0.25) is 0 Å². The summed E-state index contributed by atoms with van der Waals surface area (Å²) in [4.78, 5) is 15.6. The van der Waals surface area contributed by atoms with E-state index in [0.29, 0.717) is 34.8 Å². The second-order valence-corrected chi connectivity index (χ2v) is 12.0. The Bertz CT molecular complexity index is 1450. The van der Waals surface area contributed by atoms with Crippen molar-refractivity contribution >= 4 is 38.7 Å². The van der Waals surface area contributed by atoms with Gasteiger partial charge in [0.15, 0.2) is 5.82 Å². The van der Waals surface area contributed by atoms with E-state index in [9.17, 15) is 9.47 Å². The summed E-state index contributed by atoms with van der Waals surface area (Å²) in [5.74, 6) is 1.79. The van der Waals surface area contributed by atoms with Gasteiger partial charge in [0, 0.05) is 53.3 Å². The van der Waals surface area contributed by atoms with Crippen LogP contribution in [-0.2, 0) is 22.7 Å². The monoisotopic (exact) mass is 488 g/mol. The number of benzene rings is 1. The largest absolute Gasteiger partial charge is 0.324 e. The Labute approximate surface area is 205 Å². The van der Waals surface area contributed by atoms with Crippen LogP contribution < -0.4 is 10.6 Å². The number of anilines is 4. The third-order valence-corrected chi connectivity index (χ3v) is 6.86. The van der Waals surface area contributed by atoms with E-state index < -0.39 is 9.73 Å². The van der Waals surface area contributed by atoms with Crippen LogP contribution in [0, 0.1) is 11.3 Å². The van der Waals surface area contributed by atoms with E-state index in [0.717, 1.165) is 25.2 Å². The molecule has 2 N–H and O–H groups in total. The fourth-order valence-corrected chi connectivity index (χ4v) is 5.60. The lowest BCUT2D eigenvalue weighted by Crippen LogP contribution is -2.33. The molecule has 0 spiro atoms. The molecular formula is C25H28N8OS. The van der Waals surface area contributed by atoms with Crippen LogP contribution in [0.5, 0.6) is 0 Å². The Morgan fingerprint density at radius 1 is 1.20 bits per heavy atom. The molecule has 2 aliphatic rings. The van der Waals surface area contributed by atoms with Crippen molar-refractivity contribution in [2.24, 2.45) is 4.36 Å². The van der Waals surface area contributed by atoms with Crippen molar-refractivity contribution in [3.8, 4) is 6.07 Å². The lowest BCUT2D eigenvalue weighted by atomic mass is 9.77. The minimum Gasteiger partial charge on any atom is -0.324 e. The summed E-state index contributed by atoms with van der Waals surface area (Å²) in [5.41, 5.74) is 6.08. The van der Waals surface area contributed by atoms with E-state index in [2.05, 4.69) is 60.1 Å². The van der Waals surface area contributed by atoms with Crippen molar-refractivity contribution in [1.29, 1.82) is 5.26 Å². The highest BCUT2D eigenvalue weighted by Gasteiger charge is 2.29. The molecule has 3 aromatic rings. The molecule has 2 aromatic heterocycles. The Morgan fingerprint density at radius 2 is 2.03 bits per heavy atom. The van der Waals surface area contributed by atoms with E-state index in [1.165, 1.54) is 35.7 Å². The van der Waals surface area contributed by atoms with Crippen molar-refractivity contribution in [3.05, 3.63) is 58.9 Å². The molecule has 5 rings (SSSR count). The molecule has 0 saturated heterocycles. The van der Waals surface area contributed by atoms with E-state index >= 15 is 0 Å². The van der Waals surface area contributed by atoms with Gasteiger partial charge >= 0.3 is 0 Å². The number of nitrogens with one attached hydrogen (secondary N) is 2. The second-order valence-electron chi connectivity index (χ2n) is 9.48. The first-order valence-corrected chi connectivity index (χ1v) is 13.9. The number of likely N-dealkylation sites (N-methyl/N-ethyl adjacent to an activating group) is 1. The summed E-state index contributed by atoms with van der Waals surface area (Å²) < 4.78 is 16.2. The van der Waals surface area contributed by atoms with Gasteiger partial charge in [0.1, 0.15) is 17.5 Å². The fourth-order valence-electron chi connectivity index (χ4n) is 4.98. The molecule has 1 aliphatic carbocycles. The summed E-state index contributed by atoms with van der Waals surface area (Å²) >= 11 is 0. The average Bonchev–Trinajstić information content (AvgIpc) is 2.78. The number of pyridine rings is 1. The summed E-state index contributed by atoms with van der Waals surface area (Å²) in [6.45, 7) is 2.06. The average molecular weight is 489 g/mol. The molecule has 9 nitrogen and oxygen atoms in total. The molecule has 0 amide bonds. The van der Waals surface area contributed by atoms with E-state index in [-0.39, 0.29) is 0 Å². The van der Waals surface area contributed by atoms with Crippen molar-refractivity contribution < 1.29 is 4.21 Å². The van der Waals surface area contributed by atoms with Crippen LogP contribution in [0.15, 0.2) is 41.0 Å². The maximum atomic E-state index is 12.0. The maximum Gasteiger partial charge on any atom is 0.229 e. The van der Waals surface area contributed by atoms with Crippen LogP contribution in [0.4, 0.5) is 29.0 Å². The highest BCUT2D eigenvalue weighted by Crippen LogP contribution is 2.40. The van der Waals surface area contributed by atoms with Crippen molar-refractivity contribution in [2.45, 2.75) is 31.7 Å². The molecule has 10 heteroatoms. The topological polar surface area (TPSA) is 119 Å². The normalized spacial score (nSPS) is 17.3. The SMILES string of the molecule is CN1Cc2cc(Nc3ncc(C#N)c(Nc4cc(N=S(C)(C)=O)ccn4)n3)cc3c2C(CCC3)C1. The number of rotatable bonds is 5. The Hall–Kier alpha value is -3.55. The third-order valence-electron chi connectivity index (χ3n) is 6.21. The molecule has 1 aromatic carbocycles. The van der Waals surface area contributed by atoms with E-state index in [1.54, 1.807) is 30.8 Å². The van der Waals surface area contributed by atoms with Crippen molar-refractivity contribution in [3.63, 3.8) is 0 Å². The minimum absolute atomic E-state index is 0.291. The molecule has 1 unspecified atom stereocenters. The quantitative estimate of drug-likeness (QED) is 0.540. The van der Waals surface area contributed by atoms with Gasteiger partial charge in [-0.2, -0.15) is 14.6 Å². The molecule has 0 radical (unpaired) electrons. The lowest BCUT2D eigenvalue weighted by molar-refractivity contribution is 0.266. The molecule has 0 bridgehead atoms. The van der Waals surface area contributed by atoms with Crippen LogP contribution in [0.3, 0.4) is 0 Å². The predicted octanol–water partition coefficient (Wildman–Crippen LogP) is 4.45. The number of aromatic nitrogens is 3. The molecule has 0 fully saturated rings. The van der Waals surface area contributed by atoms with Crippen LogP contribution in [0.1, 0.15) is 41.0 Å². The second kappa shape index (κ2) is 9.24. The molecular weight excluding hydrogens is 460 g/mol. The summed E-state index contributed by atoms with van der Waals surface area (Å²) in [6, 6.07) is 9.88. The maximum absolute atomic E-state index is 12.0. The smallest absolute Gasteiger partial charge is 0.229 e. The Morgan fingerprint density at radius 3 is 2.83 bits per heavy atom. The number of hydrogen-bond acceptors (Lipinski definition) is 9. The van der Waals surface area contributed by atoms with Crippen molar-refractivity contribution in [1.82, 2.24) is 19.9 Å². The number of nitrogens with zero attached hydrogens (tertiary/aromatic N) is 6. The zero-order chi connectivity index (χ0) is 24.6. The first kappa shape index (κ1) is 23.2. The fraction of sp³-hybridized carbons (Fsp3) is 0.360. The first-order valence-electron chi connectivity index (χ1n) is 11.6. The molecule has 1 atom stereocenters. The highest BCUT2D eigenvalue weighted by atomic mass is 32.2. The van der Waals surface area contributed by atoms with Crippen LogP contribution >= 0.6 is 0 Å². The zero-order valence-corrected chi connectivity index (χ0v) is 20.9. The molecule has 0 saturated carbocycles. The van der Waals surface area contributed by atoms with Gasteiger partial charge in [0.25, 0.3) is 0 Å². The highest BCUT2D eigenvalue weighted by molar-refractivity contribution is 7.92. The number of nitriles is 1. The standard InChI is InChI=1S/C25H28N8OS/c1-33-14-17-6-4-5-16-9-21(10-18(15-33)23(16)17)29-25-28-13-19(12-26)24(31-25)30-22-11-20(7-8-27-22)32-35(2,3)34/h7-11,13,17H,4-6,14-15H2,1-3H3,(H2,27,28,29,30,31). The molecule has 3 heterocycles. The van der Waals surface area contributed by atoms with E-state index in [1.807, 2.05) is 0 Å². The van der Waals surface area contributed by atoms with Gasteiger partial charge in [-0.1, -0.05) is 0 Å². The van der Waals surface area contributed by atoms with Gasteiger partial charge < -0.3 is 15.5 Å². The first-order chi connectivity index (χ1) is 16.8. The van der Waals surface area contributed by atoms with Crippen LogP contribution in [0.2, 0.25) is 0 Å². The van der Waals surface area contributed by atoms with Gasteiger partial charge in [0.05, 0.1) is 11.9 Å². The molecule has 1 aliphatic heterocycles. The summed E-state index contributed by atoms with van der Waals surface area (Å²) in [7, 11) is -0.133. The zero-order valence-electron chi connectivity index (χ0n) is 20.1. The Kier molecular flexibility index (Phi) is 6.13. The van der Waals surface area contributed by atoms with Crippen LogP contribution in [-0.4, -0.2) is 50.2 Å². The molecule has 180 valence electrons. The van der Waals surface area contributed by atoms with Gasteiger partial charge in [0.2, 0.25) is 5.95 Å². The van der Waals surface area contributed by atoms with Gasteiger partial charge in [-0.25, -0.2) is 14.2 Å². The van der Waals surface area contributed by atoms with E-state index in [4.69, 9.17) is 0 Å². The lowest BCUT2D eigenvalue weighted by Gasteiger charge is -2.37. The predicted molar refractivity (Wildman–Crippen MR) is 138 cm³/mol. The number of aryl methyl sites for hydroxylation is 1. The Balaban J connectivity index is 1.44.